The third-order valence-corrected chi connectivity index (χ3v) is 2.65. The van der Waals surface area contributed by atoms with Gasteiger partial charge in [-0.3, -0.25) is 0 Å². The van der Waals surface area contributed by atoms with Gasteiger partial charge in [0, 0.05) is 6.04 Å². The van der Waals surface area contributed by atoms with Crippen LogP contribution in [0.4, 0.5) is 9.59 Å². The maximum atomic E-state index is 11.7. The summed E-state index contributed by atoms with van der Waals surface area (Å²) in [6.45, 7) is 12.3. The van der Waals surface area contributed by atoms with Crippen molar-refractivity contribution in [3.63, 3.8) is 0 Å². The topological polar surface area (TPSA) is 96.9 Å². The van der Waals surface area contributed by atoms with Gasteiger partial charge in [0.05, 0.1) is 12.6 Å². The van der Waals surface area contributed by atoms with E-state index in [0.29, 0.717) is 12.8 Å². The molecule has 0 aliphatic heterocycles. The molecule has 2 atom stereocenters. The summed E-state index contributed by atoms with van der Waals surface area (Å²) in [5.74, 6) is 0. The van der Waals surface area contributed by atoms with Gasteiger partial charge >= 0.3 is 12.2 Å². The molecule has 7 heteroatoms. The van der Waals surface area contributed by atoms with Gasteiger partial charge in [0.15, 0.2) is 0 Å². The van der Waals surface area contributed by atoms with E-state index in [9.17, 15) is 14.7 Å². The van der Waals surface area contributed by atoms with Crippen LogP contribution >= 0.6 is 0 Å². The molecule has 3 N–H and O–H groups in total. The molecular formula is C16H32N2O5. The Balaban J connectivity index is 4.20. The van der Waals surface area contributed by atoms with Gasteiger partial charge in [-0.15, -0.1) is 0 Å². The van der Waals surface area contributed by atoms with Crippen molar-refractivity contribution in [2.45, 2.75) is 84.6 Å². The Hall–Kier alpha value is -1.50. The lowest BCUT2D eigenvalue weighted by Crippen LogP contribution is -2.42. The van der Waals surface area contributed by atoms with Crippen molar-refractivity contribution >= 4 is 12.2 Å². The van der Waals surface area contributed by atoms with E-state index in [1.165, 1.54) is 0 Å². The number of ether oxygens (including phenoxy) is 2. The van der Waals surface area contributed by atoms with Crippen LogP contribution in [0.3, 0.4) is 0 Å². The maximum Gasteiger partial charge on any atom is 0.407 e. The fourth-order valence-electron chi connectivity index (χ4n) is 1.72. The summed E-state index contributed by atoms with van der Waals surface area (Å²) in [4.78, 5) is 23.3. The Bertz CT molecular complexity index is 385. The number of carbonyl (C=O) groups excluding carboxylic acids is 2. The molecule has 7 nitrogen and oxygen atoms in total. The van der Waals surface area contributed by atoms with Crippen molar-refractivity contribution in [1.29, 1.82) is 0 Å². The fourth-order valence-corrected chi connectivity index (χ4v) is 1.72. The van der Waals surface area contributed by atoms with E-state index in [4.69, 9.17) is 9.47 Å². The zero-order valence-corrected chi connectivity index (χ0v) is 15.4. The smallest absolute Gasteiger partial charge is 0.407 e. The number of rotatable bonds is 6. The molecular weight excluding hydrogens is 300 g/mol. The van der Waals surface area contributed by atoms with Gasteiger partial charge < -0.3 is 25.2 Å². The van der Waals surface area contributed by atoms with Crippen molar-refractivity contribution in [2.75, 3.05) is 6.61 Å². The van der Waals surface area contributed by atoms with Crippen LogP contribution in [-0.2, 0) is 9.47 Å². The van der Waals surface area contributed by atoms with E-state index >= 15 is 0 Å². The molecule has 0 saturated carbocycles. The minimum atomic E-state index is -0.588. The predicted octanol–water partition coefficient (Wildman–Crippen LogP) is 2.57. The average molecular weight is 332 g/mol. The number of hydrogen-bond donors (Lipinski definition) is 3. The minimum absolute atomic E-state index is 0.140. The second-order valence-electron chi connectivity index (χ2n) is 7.65. The van der Waals surface area contributed by atoms with E-state index in [1.807, 2.05) is 6.92 Å². The Labute approximate surface area is 139 Å². The first-order valence-corrected chi connectivity index (χ1v) is 7.92. The highest BCUT2D eigenvalue weighted by atomic mass is 16.6. The molecule has 0 saturated heterocycles. The van der Waals surface area contributed by atoms with Crippen LogP contribution in [0, 0.1) is 0 Å². The summed E-state index contributed by atoms with van der Waals surface area (Å²) in [5, 5.41) is 14.7. The van der Waals surface area contributed by atoms with Gasteiger partial charge in [0.25, 0.3) is 0 Å². The standard InChI is InChI=1S/C16H32N2O5/c1-11(17-13(20)22-15(2,3)4)8-9-12(10-19)18-14(21)23-16(5,6)7/h11-12,19H,8-10H2,1-7H3,(H,17,20)(H,18,21)/t11?,12-/m0/s1. The second kappa shape index (κ2) is 8.96. The van der Waals surface area contributed by atoms with Crippen molar-refractivity contribution in [2.24, 2.45) is 0 Å². The first kappa shape index (κ1) is 21.5. The van der Waals surface area contributed by atoms with Crippen LogP contribution in [0.5, 0.6) is 0 Å². The predicted molar refractivity (Wildman–Crippen MR) is 88.3 cm³/mol. The van der Waals surface area contributed by atoms with Crippen LogP contribution in [0.15, 0.2) is 0 Å². The fraction of sp³-hybridized carbons (Fsp3) is 0.875. The Morgan fingerprint density at radius 3 is 1.74 bits per heavy atom. The Kier molecular flexibility index (Phi) is 8.37. The summed E-state index contributed by atoms with van der Waals surface area (Å²) < 4.78 is 10.3. The van der Waals surface area contributed by atoms with Crippen molar-refractivity contribution in [3.05, 3.63) is 0 Å². The lowest BCUT2D eigenvalue weighted by Gasteiger charge is -2.24. The molecule has 0 bridgehead atoms. The average Bonchev–Trinajstić information content (AvgIpc) is 2.29. The summed E-state index contributed by atoms with van der Waals surface area (Å²) >= 11 is 0. The molecule has 0 spiro atoms. The lowest BCUT2D eigenvalue weighted by molar-refractivity contribution is 0.0460. The van der Waals surface area contributed by atoms with Gasteiger partial charge in [-0.25, -0.2) is 9.59 Å². The minimum Gasteiger partial charge on any atom is -0.444 e. The Morgan fingerprint density at radius 2 is 1.35 bits per heavy atom. The molecule has 0 aliphatic rings. The number of amides is 2. The number of aliphatic hydroxyl groups is 1. The molecule has 0 aliphatic carbocycles. The third kappa shape index (κ3) is 12.7. The molecule has 1 unspecified atom stereocenters. The van der Waals surface area contributed by atoms with E-state index in [2.05, 4.69) is 10.6 Å². The zero-order chi connectivity index (χ0) is 18.3. The van der Waals surface area contributed by atoms with Crippen molar-refractivity contribution in [1.82, 2.24) is 10.6 Å². The summed E-state index contributed by atoms with van der Waals surface area (Å²) in [5.41, 5.74) is -1.13. The molecule has 0 radical (unpaired) electrons. The Morgan fingerprint density at radius 1 is 0.913 bits per heavy atom. The summed E-state index contributed by atoms with van der Waals surface area (Å²) in [6.07, 6.45) is 0.0439. The number of nitrogens with one attached hydrogen (secondary N) is 2. The molecule has 0 rings (SSSR count). The quantitative estimate of drug-likeness (QED) is 0.694. The largest absolute Gasteiger partial charge is 0.444 e. The van der Waals surface area contributed by atoms with E-state index < -0.39 is 29.4 Å². The van der Waals surface area contributed by atoms with Gasteiger partial charge in [-0.1, -0.05) is 0 Å². The third-order valence-electron chi connectivity index (χ3n) is 2.65. The number of aliphatic hydroxyl groups excluding tert-OH is 1. The van der Waals surface area contributed by atoms with Crippen LogP contribution in [-0.4, -0.2) is 47.2 Å². The SMILES string of the molecule is CC(CC[C@@H](CO)NC(=O)OC(C)(C)C)NC(=O)OC(C)(C)C. The van der Waals surface area contributed by atoms with Gasteiger partial charge in [0.1, 0.15) is 11.2 Å². The maximum absolute atomic E-state index is 11.7. The van der Waals surface area contributed by atoms with E-state index in [-0.39, 0.29) is 12.6 Å². The number of carbonyl (C=O) groups is 2. The highest BCUT2D eigenvalue weighted by molar-refractivity contribution is 5.68. The van der Waals surface area contributed by atoms with Crippen LogP contribution < -0.4 is 10.6 Å². The van der Waals surface area contributed by atoms with E-state index in [0.717, 1.165) is 0 Å². The molecule has 0 heterocycles. The van der Waals surface area contributed by atoms with Crippen LogP contribution in [0.2, 0.25) is 0 Å². The first-order chi connectivity index (χ1) is 10.3. The van der Waals surface area contributed by atoms with Gasteiger partial charge in [0.2, 0.25) is 0 Å². The lowest BCUT2D eigenvalue weighted by atomic mass is 10.1. The van der Waals surface area contributed by atoms with E-state index in [1.54, 1.807) is 41.5 Å². The molecule has 0 aromatic rings. The molecule has 0 aromatic heterocycles. The summed E-state index contributed by atoms with van der Waals surface area (Å²) in [6, 6.07) is -0.563. The molecule has 23 heavy (non-hydrogen) atoms. The molecule has 136 valence electrons. The van der Waals surface area contributed by atoms with Crippen LogP contribution in [0.25, 0.3) is 0 Å². The second-order valence-corrected chi connectivity index (χ2v) is 7.65. The van der Waals surface area contributed by atoms with Crippen molar-refractivity contribution in [3.8, 4) is 0 Å². The normalized spacial score (nSPS) is 14.6. The first-order valence-electron chi connectivity index (χ1n) is 7.92. The molecule has 0 aromatic carbocycles. The van der Waals surface area contributed by atoms with Crippen LogP contribution in [0.1, 0.15) is 61.3 Å². The molecule has 0 fully saturated rings. The highest BCUT2D eigenvalue weighted by Gasteiger charge is 2.21. The number of alkyl carbamates (subject to hydrolysis) is 2. The summed E-state index contributed by atoms with van der Waals surface area (Å²) in [7, 11) is 0. The van der Waals surface area contributed by atoms with Gasteiger partial charge in [-0.2, -0.15) is 0 Å². The monoisotopic (exact) mass is 332 g/mol. The van der Waals surface area contributed by atoms with Gasteiger partial charge in [-0.05, 0) is 61.3 Å². The zero-order valence-electron chi connectivity index (χ0n) is 15.4. The number of hydrogen-bond acceptors (Lipinski definition) is 5. The highest BCUT2D eigenvalue weighted by Crippen LogP contribution is 2.09. The van der Waals surface area contributed by atoms with Crippen molar-refractivity contribution < 1.29 is 24.2 Å². The molecule has 2 amide bonds.